The number of benzene rings is 5. The van der Waals surface area contributed by atoms with Gasteiger partial charge in [0.2, 0.25) is 0 Å². The molecule has 2 amide bonds. The molecule has 3 aliphatic heterocycles. The Bertz CT molecular complexity index is 2590. The number of oxime groups is 1. The van der Waals surface area contributed by atoms with E-state index in [1.165, 1.54) is 46.9 Å². The Balaban J connectivity index is 0.975. The summed E-state index contributed by atoms with van der Waals surface area (Å²) in [4.78, 5) is 55.4. The molecule has 3 aliphatic rings. The molecule has 12 nitrogen and oxygen atoms in total. The largest absolute Gasteiger partial charge is 0.448 e. The van der Waals surface area contributed by atoms with Crippen LogP contribution in [0.3, 0.4) is 0 Å². The summed E-state index contributed by atoms with van der Waals surface area (Å²) in [5, 5.41) is 12.4. The minimum atomic E-state index is -0.983. The quantitative estimate of drug-likeness (QED) is 0.0317. The molecule has 0 saturated carbocycles. The van der Waals surface area contributed by atoms with Crippen LogP contribution in [0.5, 0.6) is 0 Å². The number of carbonyl (C=O) groups excluding carboxylic acids is 3. The molecule has 2 saturated heterocycles. The Morgan fingerprint density at radius 2 is 1.41 bits per heavy atom. The van der Waals surface area contributed by atoms with E-state index in [2.05, 4.69) is 52.2 Å². The molecule has 336 valence electrons. The number of thiazole rings is 1. The van der Waals surface area contributed by atoms with Gasteiger partial charge in [-0.2, -0.15) is 0 Å². The number of aromatic nitrogens is 1. The monoisotopic (exact) mass is 937 g/mol. The molecular formula is C51H47N5O7S3. The average molecular weight is 938 g/mol. The number of amides is 2. The van der Waals surface area contributed by atoms with Crippen LogP contribution in [-0.2, 0) is 39.0 Å². The normalized spacial score (nSPS) is 19.2. The summed E-state index contributed by atoms with van der Waals surface area (Å²) in [6, 6.07) is 48.4. The highest BCUT2D eigenvalue weighted by Crippen LogP contribution is 2.46. The summed E-state index contributed by atoms with van der Waals surface area (Å²) in [5.41, 5.74) is 3.95. The van der Waals surface area contributed by atoms with Crippen LogP contribution < -0.4 is 10.6 Å². The fraction of sp³-hybridized carbons (Fsp3) is 0.235. The van der Waals surface area contributed by atoms with Gasteiger partial charge in [-0.3, -0.25) is 14.5 Å². The number of nitrogens with one attached hydrogen (secondary N) is 2. The fourth-order valence-electron chi connectivity index (χ4n) is 8.36. The molecule has 0 aliphatic carbocycles. The third-order valence-corrected chi connectivity index (χ3v) is 14.9. The maximum Gasteiger partial charge on any atom is 0.356 e. The van der Waals surface area contributed by atoms with Gasteiger partial charge in [-0.25, -0.2) is 9.78 Å². The van der Waals surface area contributed by atoms with Crippen molar-refractivity contribution < 1.29 is 33.4 Å². The Kier molecular flexibility index (Phi) is 13.4. The van der Waals surface area contributed by atoms with E-state index in [0.29, 0.717) is 28.1 Å². The molecule has 15 heteroatoms. The molecule has 1 aromatic heterocycles. The lowest BCUT2D eigenvalue weighted by Crippen LogP contribution is -2.71. The lowest BCUT2D eigenvalue weighted by atomic mass is 9.77. The van der Waals surface area contributed by atoms with E-state index in [1.54, 1.807) is 5.38 Å². The van der Waals surface area contributed by atoms with E-state index >= 15 is 0 Å². The fourth-order valence-corrected chi connectivity index (χ4v) is 11.7. The number of fused-ring (bicyclic) bond motifs is 1. The highest BCUT2D eigenvalue weighted by molar-refractivity contribution is 8.06. The maximum absolute atomic E-state index is 14.6. The number of ether oxygens (including phenoxy) is 3. The van der Waals surface area contributed by atoms with Gasteiger partial charge in [0.1, 0.15) is 35.5 Å². The summed E-state index contributed by atoms with van der Waals surface area (Å²) in [7, 11) is 1.35. The molecule has 4 heterocycles. The summed E-state index contributed by atoms with van der Waals surface area (Å²) < 4.78 is 18.2. The maximum atomic E-state index is 14.6. The smallest absolute Gasteiger partial charge is 0.356 e. The minimum absolute atomic E-state index is 0.111. The van der Waals surface area contributed by atoms with Crippen molar-refractivity contribution in [3.8, 4) is 0 Å². The first kappa shape index (κ1) is 44.9. The molecule has 2 N–H and O–H groups in total. The summed E-state index contributed by atoms with van der Waals surface area (Å²) >= 11 is 4.21. The Hall–Kier alpha value is -6.23. The van der Waals surface area contributed by atoms with Crippen molar-refractivity contribution in [1.29, 1.82) is 0 Å². The summed E-state index contributed by atoms with van der Waals surface area (Å²) in [5.74, 6) is -1.60. The second-order valence-electron chi connectivity index (χ2n) is 16.1. The van der Waals surface area contributed by atoms with Crippen molar-refractivity contribution in [2.75, 3.05) is 30.5 Å². The van der Waals surface area contributed by atoms with Crippen LogP contribution >= 0.6 is 34.9 Å². The van der Waals surface area contributed by atoms with Gasteiger partial charge in [0.15, 0.2) is 22.7 Å². The van der Waals surface area contributed by atoms with E-state index < -0.39 is 46.6 Å². The Morgan fingerprint density at radius 3 is 1.92 bits per heavy atom. The highest BCUT2D eigenvalue weighted by Gasteiger charge is 2.55. The first-order valence-corrected chi connectivity index (χ1v) is 24.3. The number of hydrogen-bond acceptors (Lipinski definition) is 13. The van der Waals surface area contributed by atoms with Crippen molar-refractivity contribution in [2.45, 2.75) is 48.8 Å². The summed E-state index contributed by atoms with van der Waals surface area (Å²) in [6.07, 6.45) is -0.959. The number of esters is 1. The molecule has 5 aromatic carbocycles. The number of hydrogen-bond donors (Lipinski definition) is 2. The van der Waals surface area contributed by atoms with Crippen molar-refractivity contribution in [1.82, 2.24) is 15.2 Å². The number of anilines is 1. The van der Waals surface area contributed by atoms with Crippen molar-refractivity contribution in [2.24, 2.45) is 5.16 Å². The van der Waals surface area contributed by atoms with Crippen LogP contribution in [0, 0.1) is 0 Å². The molecule has 0 spiro atoms. The lowest BCUT2D eigenvalue weighted by Gasteiger charge is -2.49. The molecule has 2 unspecified atom stereocenters. The standard InChI is InChI=1S/C51H47N5O7S3/c1-50(2)61-29-38(63-50)30-64-40-32-65-47-42(46(58)56(47)43(40)48(59)62-44(33-19-9-4-10-20-33)34-21-11-5-12-22-34)53-45(57)41(55-60-3)39-31-66-49(52-39)54-51(35-23-13-6-14-24-35,36-25-15-7-16-26-36)37-27-17-8-18-28-37/h4-28,31,38,42,44,47H,29-30,32H2,1-3H3,(H,52,54)(H,53,57)/b55-41-/t38?,42?,47-/m1/s1. The van der Waals surface area contributed by atoms with Gasteiger partial charge in [-0.05, 0) is 41.7 Å². The van der Waals surface area contributed by atoms with Gasteiger partial charge >= 0.3 is 5.97 Å². The van der Waals surface area contributed by atoms with Crippen LogP contribution in [0.25, 0.3) is 0 Å². The molecule has 2 fully saturated rings. The van der Waals surface area contributed by atoms with Crippen LogP contribution in [0.15, 0.2) is 173 Å². The Morgan fingerprint density at radius 1 is 0.864 bits per heavy atom. The predicted octanol–water partition coefficient (Wildman–Crippen LogP) is 8.73. The van der Waals surface area contributed by atoms with Gasteiger partial charge in [-0.1, -0.05) is 157 Å². The topological polar surface area (TPSA) is 141 Å². The zero-order valence-corrected chi connectivity index (χ0v) is 38.8. The van der Waals surface area contributed by atoms with E-state index in [-0.39, 0.29) is 23.2 Å². The van der Waals surface area contributed by atoms with Crippen molar-refractivity contribution >= 4 is 63.5 Å². The van der Waals surface area contributed by atoms with E-state index in [4.69, 9.17) is 24.0 Å². The first-order chi connectivity index (χ1) is 32.1. The van der Waals surface area contributed by atoms with Crippen LogP contribution in [0.4, 0.5) is 5.13 Å². The molecule has 3 atom stereocenters. The average Bonchev–Trinajstić information content (AvgIpc) is 3.98. The van der Waals surface area contributed by atoms with Gasteiger partial charge in [0.25, 0.3) is 11.8 Å². The molecular weight excluding hydrogens is 891 g/mol. The number of nitrogens with zero attached hydrogens (tertiary/aromatic N) is 3. The van der Waals surface area contributed by atoms with E-state index in [9.17, 15) is 14.4 Å². The van der Waals surface area contributed by atoms with Crippen molar-refractivity contribution in [3.63, 3.8) is 0 Å². The van der Waals surface area contributed by atoms with Crippen LogP contribution in [0.2, 0.25) is 0 Å². The SMILES string of the molecule is CO/N=C(\C(=O)NC1C(=O)N2C(C(=O)OC(c3ccccc3)c3ccccc3)=C(SCC3COC(C)(C)O3)CS[C@H]12)c1csc(NC(c2ccccc2)(c2ccccc2)c2ccccc2)n1. The van der Waals surface area contributed by atoms with Gasteiger partial charge in [0, 0.05) is 21.8 Å². The third-order valence-electron chi connectivity index (χ3n) is 11.4. The number of β-lactam (4-membered cyclic amide) rings is 1. The molecule has 9 rings (SSSR count). The Labute approximate surface area is 395 Å². The van der Waals surface area contributed by atoms with Crippen LogP contribution in [0.1, 0.15) is 53.5 Å². The lowest BCUT2D eigenvalue weighted by molar-refractivity contribution is -0.154. The van der Waals surface area contributed by atoms with Crippen molar-refractivity contribution in [3.05, 3.63) is 201 Å². The minimum Gasteiger partial charge on any atom is -0.448 e. The number of rotatable bonds is 16. The zero-order chi connectivity index (χ0) is 45.7. The molecule has 0 bridgehead atoms. The second kappa shape index (κ2) is 19.7. The highest BCUT2D eigenvalue weighted by atomic mass is 32.2. The van der Waals surface area contributed by atoms with Crippen LogP contribution in [-0.4, -0.2) is 81.9 Å². The van der Waals surface area contributed by atoms with Gasteiger partial charge < -0.3 is 29.7 Å². The predicted molar refractivity (Wildman–Crippen MR) is 259 cm³/mol. The number of thioether (sulfide) groups is 2. The van der Waals surface area contributed by atoms with E-state index in [1.807, 2.05) is 129 Å². The molecule has 66 heavy (non-hydrogen) atoms. The second-order valence-corrected chi connectivity index (χ2v) is 19.2. The molecule has 6 aromatic rings. The third kappa shape index (κ3) is 9.26. The molecule has 0 radical (unpaired) electrons. The van der Waals surface area contributed by atoms with Gasteiger partial charge in [0.05, 0.1) is 12.7 Å². The zero-order valence-electron chi connectivity index (χ0n) is 36.4. The first-order valence-electron chi connectivity index (χ1n) is 21.4. The summed E-state index contributed by atoms with van der Waals surface area (Å²) in [6.45, 7) is 4.13. The number of carbonyl (C=O) groups is 3. The van der Waals surface area contributed by atoms with Gasteiger partial charge in [-0.15, -0.1) is 34.9 Å². The van der Waals surface area contributed by atoms with E-state index in [0.717, 1.165) is 27.8 Å².